The molecule has 0 saturated heterocycles. The summed E-state index contributed by atoms with van der Waals surface area (Å²) >= 11 is 0. The Hall–Kier alpha value is -3.55. The van der Waals surface area contributed by atoms with Gasteiger partial charge in [0.2, 0.25) is 0 Å². The van der Waals surface area contributed by atoms with E-state index in [0.29, 0.717) is 5.56 Å². The summed E-state index contributed by atoms with van der Waals surface area (Å²) in [4.78, 5) is 34.0. The van der Waals surface area contributed by atoms with Gasteiger partial charge in [-0.15, -0.1) is 0 Å². The van der Waals surface area contributed by atoms with E-state index in [1.807, 2.05) is 6.07 Å². The first-order chi connectivity index (χ1) is 12.0. The Labute approximate surface area is 143 Å². The second-order valence-corrected chi connectivity index (χ2v) is 5.11. The number of nitrogens with one attached hydrogen (secondary N) is 2. The number of hydrazone groups is 1. The van der Waals surface area contributed by atoms with Crippen molar-refractivity contribution in [1.29, 1.82) is 0 Å². The van der Waals surface area contributed by atoms with Crippen LogP contribution in [0.15, 0.2) is 53.6 Å². The van der Waals surface area contributed by atoms with E-state index in [1.54, 1.807) is 31.2 Å². The van der Waals surface area contributed by atoms with E-state index in [4.69, 9.17) is 0 Å². The molecule has 2 N–H and O–H groups in total. The normalized spacial score (nSPS) is 10.4. The molecule has 0 saturated carbocycles. The molecule has 0 aliphatic heterocycles. The molecule has 0 bridgehead atoms. The molecular formula is C17H16N4O4. The first-order valence-corrected chi connectivity index (χ1v) is 7.38. The van der Waals surface area contributed by atoms with Gasteiger partial charge in [-0.25, -0.2) is 5.43 Å². The fourth-order valence-electron chi connectivity index (χ4n) is 2.06. The van der Waals surface area contributed by atoms with Crippen molar-refractivity contribution in [2.45, 2.75) is 6.92 Å². The maximum Gasteiger partial charge on any atom is 0.278 e. The third-order valence-corrected chi connectivity index (χ3v) is 3.33. The van der Waals surface area contributed by atoms with Crippen molar-refractivity contribution in [3.63, 3.8) is 0 Å². The molecular weight excluding hydrogens is 324 g/mol. The zero-order valence-electron chi connectivity index (χ0n) is 13.4. The minimum atomic E-state index is -0.545. The van der Waals surface area contributed by atoms with E-state index in [0.717, 1.165) is 5.56 Å². The average Bonchev–Trinajstić information content (AvgIpc) is 2.60. The number of aryl methyl sites for hydroxylation is 1. The van der Waals surface area contributed by atoms with E-state index in [-0.39, 0.29) is 23.7 Å². The lowest BCUT2D eigenvalue weighted by Crippen LogP contribution is -2.35. The van der Waals surface area contributed by atoms with Crippen molar-refractivity contribution in [3.05, 3.63) is 75.3 Å². The average molecular weight is 340 g/mol. The predicted octanol–water partition coefficient (Wildman–Crippen LogP) is 1.78. The fourth-order valence-corrected chi connectivity index (χ4v) is 2.06. The van der Waals surface area contributed by atoms with Gasteiger partial charge in [0.1, 0.15) is 0 Å². The van der Waals surface area contributed by atoms with Crippen LogP contribution in [-0.2, 0) is 4.79 Å². The van der Waals surface area contributed by atoms with Gasteiger partial charge in [0, 0.05) is 11.6 Å². The third-order valence-electron chi connectivity index (χ3n) is 3.33. The molecule has 2 aromatic carbocycles. The number of nitro groups is 1. The highest BCUT2D eigenvalue weighted by atomic mass is 16.6. The van der Waals surface area contributed by atoms with E-state index in [1.165, 1.54) is 24.4 Å². The molecule has 2 aromatic rings. The number of benzene rings is 2. The summed E-state index contributed by atoms with van der Waals surface area (Å²) in [6, 6.07) is 13.0. The Balaban J connectivity index is 1.88. The van der Waals surface area contributed by atoms with Gasteiger partial charge in [0.15, 0.2) is 0 Å². The number of amides is 2. The molecule has 0 heterocycles. The van der Waals surface area contributed by atoms with Crippen LogP contribution in [0.3, 0.4) is 0 Å². The number of carbonyl (C=O) groups is 2. The maximum absolute atomic E-state index is 12.0. The van der Waals surface area contributed by atoms with E-state index in [9.17, 15) is 19.7 Å². The summed E-state index contributed by atoms with van der Waals surface area (Å²) in [5, 5.41) is 17.0. The van der Waals surface area contributed by atoms with Crippen LogP contribution in [-0.4, -0.2) is 29.5 Å². The van der Waals surface area contributed by atoms with Gasteiger partial charge >= 0.3 is 0 Å². The molecule has 0 aliphatic carbocycles. The van der Waals surface area contributed by atoms with Crippen molar-refractivity contribution in [3.8, 4) is 0 Å². The van der Waals surface area contributed by atoms with Crippen molar-refractivity contribution in [2.75, 3.05) is 6.54 Å². The number of nitrogens with zero attached hydrogens (tertiary/aromatic N) is 2. The van der Waals surface area contributed by atoms with Crippen molar-refractivity contribution in [2.24, 2.45) is 5.10 Å². The van der Waals surface area contributed by atoms with Crippen molar-refractivity contribution in [1.82, 2.24) is 10.7 Å². The summed E-state index contributed by atoms with van der Waals surface area (Å²) in [5.41, 5.74) is 3.64. The fraction of sp³-hybridized carbons (Fsp3) is 0.118. The largest absolute Gasteiger partial charge is 0.343 e. The molecule has 2 rings (SSSR count). The zero-order valence-corrected chi connectivity index (χ0v) is 13.4. The van der Waals surface area contributed by atoms with Crippen LogP contribution >= 0.6 is 0 Å². The molecule has 25 heavy (non-hydrogen) atoms. The van der Waals surface area contributed by atoms with Crippen LogP contribution in [0.2, 0.25) is 0 Å². The SMILES string of the molecule is Cc1ccccc1C(=O)NCC(=O)NN=Cc1ccccc1[N+](=O)[O-]. The van der Waals surface area contributed by atoms with Crippen LogP contribution in [0.25, 0.3) is 0 Å². The van der Waals surface area contributed by atoms with Gasteiger partial charge in [-0.2, -0.15) is 5.10 Å². The van der Waals surface area contributed by atoms with Gasteiger partial charge in [0.25, 0.3) is 17.5 Å². The van der Waals surface area contributed by atoms with Crippen LogP contribution in [0.1, 0.15) is 21.5 Å². The van der Waals surface area contributed by atoms with Crippen LogP contribution in [0.4, 0.5) is 5.69 Å². The molecule has 0 aromatic heterocycles. The van der Waals surface area contributed by atoms with Gasteiger partial charge in [-0.1, -0.05) is 30.3 Å². The lowest BCUT2D eigenvalue weighted by Gasteiger charge is -2.06. The predicted molar refractivity (Wildman–Crippen MR) is 92.3 cm³/mol. The van der Waals surface area contributed by atoms with Gasteiger partial charge in [-0.3, -0.25) is 19.7 Å². The topological polar surface area (TPSA) is 114 Å². The molecule has 2 amide bonds. The Morgan fingerprint density at radius 1 is 1.16 bits per heavy atom. The van der Waals surface area contributed by atoms with Crippen molar-refractivity contribution >= 4 is 23.7 Å². The zero-order chi connectivity index (χ0) is 18.2. The quantitative estimate of drug-likeness (QED) is 0.474. The van der Waals surface area contributed by atoms with Gasteiger partial charge in [0.05, 0.1) is 23.2 Å². The number of nitro benzene ring substituents is 1. The second kappa shape index (κ2) is 8.34. The standard InChI is InChI=1S/C17H16N4O4/c1-12-6-2-4-8-14(12)17(23)18-11-16(22)20-19-10-13-7-3-5-9-15(13)21(24)25/h2-10H,11H2,1H3,(H,18,23)(H,20,22). The highest BCUT2D eigenvalue weighted by Gasteiger charge is 2.11. The van der Waals surface area contributed by atoms with E-state index < -0.39 is 10.8 Å². The summed E-state index contributed by atoms with van der Waals surface area (Å²) in [5.74, 6) is -0.910. The van der Waals surface area contributed by atoms with Gasteiger partial charge < -0.3 is 5.32 Å². The van der Waals surface area contributed by atoms with E-state index >= 15 is 0 Å². The number of hydrogen-bond acceptors (Lipinski definition) is 5. The number of para-hydroxylation sites is 1. The van der Waals surface area contributed by atoms with Crippen LogP contribution in [0.5, 0.6) is 0 Å². The molecule has 128 valence electrons. The Morgan fingerprint density at radius 2 is 1.84 bits per heavy atom. The molecule has 0 atom stereocenters. The highest BCUT2D eigenvalue weighted by molar-refractivity contribution is 5.97. The molecule has 8 heteroatoms. The third kappa shape index (κ3) is 4.96. The summed E-state index contributed by atoms with van der Waals surface area (Å²) in [6.07, 6.45) is 1.18. The number of carbonyl (C=O) groups excluding carboxylic acids is 2. The summed E-state index contributed by atoms with van der Waals surface area (Å²) < 4.78 is 0. The molecule has 0 unspecified atom stereocenters. The van der Waals surface area contributed by atoms with Gasteiger partial charge in [-0.05, 0) is 24.6 Å². The lowest BCUT2D eigenvalue weighted by atomic mass is 10.1. The summed E-state index contributed by atoms with van der Waals surface area (Å²) in [6.45, 7) is 1.54. The van der Waals surface area contributed by atoms with Crippen LogP contribution < -0.4 is 10.7 Å². The molecule has 8 nitrogen and oxygen atoms in total. The first kappa shape index (κ1) is 17.8. The van der Waals surface area contributed by atoms with Crippen LogP contribution in [0, 0.1) is 17.0 Å². The molecule has 0 spiro atoms. The number of hydrogen-bond donors (Lipinski definition) is 2. The monoisotopic (exact) mass is 340 g/mol. The number of rotatable bonds is 6. The highest BCUT2D eigenvalue weighted by Crippen LogP contribution is 2.14. The Bertz CT molecular complexity index is 833. The lowest BCUT2D eigenvalue weighted by molar-refractivity contribution is -0.385. The Kier molecular flexibility index (Phi) is 5.94. The van der Waals surface area contributed by atoms with E-state index in [2.05, 4.69) is 15.8 Å². The molecule has 0 aliphatic rings. The Morgan fingerprint density at radius 3 is 2.56 bits per heavy atom. The molecule has 0 fully saturated rings. The minimum Gasteiger partial charge on any atom is -0.343 e. The smallest absolute Gasteiger partial charge is 0.278 e. The maximum atomic E-state index is 12.0. The van der Waals surface area contributed by atoms with Crippen molar-refractivity contribution < 1.29 is 14.5 Å². The minimum absolute atomic E-state index is 0.117. The second-order valence-electron chi connectivity index (χ2n) is 5.11. The first-order valence-electron chi connectivity index (χ1n) is 7.38. The molecule has 0 radical (unpaired) electrons. The summed E-state index contributed by atoms with van der Waals surface area (Å²) in [7, 11) is 0.